The van der Waals surface area contributed by atoms with Crippen molar-refractivity contribution in [2.75, 3.05) is 37.3 Å². The molecular formula is C41H44N7O16P3. The Kier molecular flexibility index (Phi) is 14.2. The first-order valence-electron chi connectivity index (χ1n) is 20.2. The number of carbonyl (C=O) groups excluding carboxylic acids is 1. The van der Waals surface area contributed by atoms with Gasteiger partial charge in [0.05, 0.1) is 41.1 Å². The molecule has 0 radical (unpaired) electrons. The lowest BCUT2D eigenvalue weighted by atomic mass is 9.88. The first-order chi connectivity index (χ1) is 31.6. The summed E-state index contributed by atoms with van der Waals surface area (Å²) < 4.78 is 60.6. The van der Waals surface area contributed by atoms with Crippen molar-refractivity contribution < 1.29 is 75.4 Å². The van der Waals surface area contributed by atoms with Crippen LogP contribution in [-0.2, 0) is 31.6 Å². The van der Waals surface area contributed by atoms with E-state index in [0.717, 1.165) is 28.5 Å². The number of phosphoric acid groups is 3. The number of fused-ring (bicyclic) bond motifs is 3. The number of nitrogens with zero attached hydrogens (tertiary/aromatic N) is 4. The van der Waals surface area contributed by atoms with E-state index in [-0.39, 0.29) is 46.5 Å². The number of carboxylic acids is 1. The Morgan fingerprint density at radius 3 is 2.46 bits per heavy atom. The summed E-state index contributed by atoms with van der Waals surface area (Å²) in [5.74, 6) is 4.33. The lowest BCUT2D eigenvalue weighted by Crippen LogP contribution is -2.24. The highest BCUT2D eigenvalue weighted by molar-refractivity contribution is 7.66. The number of amides is 1. The van der Waals surface area contributed by atoms with Gasteiger partial charge in [0, 0.05) is 65.6 Å². The number of aromatic nitrogens is 3. The minimum absolute atomic E-state index is 0.00232. The number of aryl methyl sites for hydroxylation is 2. The van der Waals surface area contributed by atoms with Gasteiger partial charge in [0.2, 0.25) is 0 Å². The zero-order valence-electron chi connectivity index (χ0n) is 35.9. The summed E-state index contributed by atoms with van der Waals surface area (Å²) in [6.07, 6.45) is -1.27. The van der Waals surface area contributed by atoms with E-state index in [4.69, 9.17) is 24.7 Å². The first-order valence-corrected chi connectivity index (χ1v) is 24.7. The molecule has 23 nitrogen and oxygen atoms in total. The Hall–Kier alpha value is -5.82. The maximum absolute atomic E-state index is 13.5. The van der Waals surface area contributed by atoms with Crippen molar-refractivity contribution in [3.63, 3.8) is 0 Å². The van der Waals surface area contributed by atoms with Gasteiger partial charge < -0.3 is 59.9 Å². The molecule has 3 aliphatic rings. The topological polar surface area (TPSA) is 350 Å². The van der Waals surface area contributed by atoms with Gasteiger partial charge in [0.25, 0.3) is 5.91 Å². The maximum Gasteiger partial charge on any atom is 0.490 e. The van der Waals surface area contributed by atoms with Crippen molar-refractivity contribution >= 4 is 68.9 Å². The van der Waals surface area contributed by atoms with E-state index in [1.807, 2.05) is 52.0 Å². The second-order valence-corrected chi connectivity index (χ2v) is 19.5. The van der Waals surface area contributed by atoms with Gasteiger partial charge >= 0.3 is 29.4 Å². The van der Waals surface area contributed by atoms with Gasteiger partial charge in [-0.2, -0.15) is 8.62 Å². The third-order valence-corrected chi connectivity index (χ3v) is 14.1. The fourth-order valence-electron chi connectivity index (χ4n) is 7.61. The number of carboxylic acid groups (broad SMARTS) is 1. The summed E-state index contributed by atoms with van der Waals surface area (Å²) in [6, 6.07) is 12.0. The van der Waals surface area contributed by atoms with Crippen LogP contribution in [0.5, 0.6) is 0 Å². The van der Waals surface area contributed by atoms with Gasteiger partial charge in [-0.15, -0.1) is 0 Å². The highest BCUT2D eigenvalue weighted by atomic mass is 31.3. The van der Waals surface area contributed by atoms with Gasteiger partial charge in [0.1, 0.15) is 35.2 Å². The Bertz CT molecular complexity index is 3190. The molecule has 1 saturated heterocycles. The zero-order chi connectivity index (χ0) is 48.6. The molecule has 67 heavy (non-hydrogen) atoms. The van der Waals surface area contributed by atoms with Crippen LogP contribution in [0.4, 0.5) is 11.5 Å². The molecule has 354 valence electrons. The van der Waals surface area contributed by atoms with Gasteiger partial charge in [-0.1, -0.05) is 17.9 Å². The normalized spacial score (nSPS) is 18.4. The van der Waals surface area contributed by atoms with Gasteiger partial charge in [-0.05, 0) is 68.7 Å². The summed E-state index contributed by atoms with van der Waals surface area (Å²) in [5, 5.41) is 29.2. The number of nitrogens with two attached hydrogens (primary N) is 1. The number of nitrogen functional groups attached to an aromatic ring is 1. The van der Waals surface area contributed by atoms with E-state index in [2.05, 4.69) is 50.6 Å². The molecule has 5 unspecified atom stereocenters. The number of aromatic carboxylic acids is 1. The van der Waals surface area contributed by atoms with E-state index < -0.39 is 60.4 Å². The molecule has 5 atom stereocenters. The van der Waals surface area contributed by atoms with E-state index in [1.165, 1.54) is 22.9 Å². The van der Waals surface area contributed by atoms with Crippen molar-refractivity contribution in [3.8, 4) is 34.3 Å². The molecule has 7 rings (SSSR count). The van der Waals surface area contributed by atoms with Gasteiger partial charge in [-0.25, -0.2) is 28.5 Å². The number of aliphatic hydroxyl groups excluding tert-OH is 1. The highest BCUT2D eigenvalue weighted by Gasteiger charge is 2.43. The van der Waals surface area contributed by atoms with Crippen LogP contribution < -0.4 is 21.7 Å². The summed E-state index contributed by atoms with van der Waals surface area (Å²) in [6.45, 7) is 7.97. The highest BCUT2D eigenvalue weighted by Crippen LogP contribution is 2.66. The van der Waals surface area contributed by atoms with Crippen LogP contribution in [0, 0.1) is 25.7 Å². The smallest absolute Gasteiger partial charge is 0.478 e. The van der Waals surface area contributed by atoms with E-state index in [1.54, 1.807) is 6.07 Å². The lowest BCUT2D eigenvalue weighted by molar-refractivity contribution is -0.0478. The monoisotopic (exact) mass is 983 g/mol. The summed E-state index contributed by atoms with van der Waals surface area (Å²) >= 11 is 0. The number of carbonyl (C=O) groups is 2. The number of phosphoric ester groups is 1. The number of benzene rings is 3. The van der Waals surface area contributed by atoms with Crippen molar-refractivity contribution in [1.29, 1.82) is 0 Å². The number of nitrogens with one attached hydrogen (secondary N) is 2. The SMILES string of the molecule is CCN=c1cc2oc3cc(NCC)c(C)cc3c(-c3ccc(C(=O)NCC#Cc4cn(C5OC(COP(=O)(O)OP(=O)(O)OP(=O)(O)O)CC5O)c5ncnc(N)c45)cc3C(=O)O)c-2cc1C. The summed E-state index contributed by atoms with van der Waals surface area (Å²) in [7, 11) is -16.8. The van der Waals surface area contributed by atoms with Gasteiger partial charge in [0.15, 0.2) is 6.23 Å². The van der Waals surface area contributed by atoms with Crippen LogP contribution in [0.2, 0.25) is 0 Å². The average Bonchev–Trinajstić information content (AvgIpc) is 3.80. The molecule has 1 fully saturated rings. The fraction of sp³-hybridized carbons (Fsp3) is 0.293. The van der Waals surface area contributed by atoms with Crippen LogP contribution in [0.1, 0.15) is 63.9 Å². The molecule has 2 aliphatic heterocycles. The van der Waals surface area contributed by atoms with Crippen LogP contribution >= 0.6 is 23.5 Å². The summed E-state index contributed by atoms with van der Waals surface area (Å²) in [4.78, 5) is 76.1. The minimum Gasteiger partial charge on any atom is -0.478 e. The molecule has 0 bridgehead atoms. The molecule has 2 aromatic heterocycles. The largest absolute Gasteiger partial charge is 0.490 e. The van der Waals surface area contributed by atoms with E-state index >= 15 is 0 Å². The van der Waals surface area contributed by atoms with Crippen LogP contribution in [0.3, 0.4) is 0 Å². The van der Waals surface area contributed by atoms with Gasteiger partial charge in [-0.3, -0.25) is 14.3 Å². The Morgan fingerprint density at radius 2 is 1.76 bits per heavy atom. The minimum atomic E-state index is -5.76. The van der Waals surface area contributed by atoms with Crippen LogP contribution in [-0.4, -0.2) is 94.6 Å². The molecule has 10 N–H and O–H groups in total. The second-order valence-electron chi connectivity index (χ2n) is 15.1. The van der Waals surface area contributed by atoms with Crippen molar-refractivity contribution in [3.05, 3.63) is 88.2 Å². The molecule has 1 amide bonds. The van der Waals surface area contributed by atoms with Crippen molar-refractivity contribution in [1.82, 2.24) is 19.9 Å². The quantitative estimate of drug-likeness (QED) is 0.0372. The molecule has 4 heterocycles. The summed E-state index contributed by atoms with van der Waals surface area (Å²) in [5.41, 5.74) is 11.3. The number of hydrogen-bond donors (Lipinski definition) is 9. The molecule has 26 heteroatoms. The number of aliphatic hydroxyl groups is 1. The first kappa shape index (κ1) is 49.1. The Labute approximate surface area is 380 Å². The lowest BCUT2D eigenvalue weighted by Gasteiger charge is -2.19. The molecule has 0 spiro atoms. The average molecular weight is 984 g/mol. The van der Waals surface area contributed by atoms with E-state index in [0.29, 0.717) is 46.5 Å². The number of hydrogen-bond acceptors (Lipinski definition) is 16. The third-order valence-electron chi connectivity index (χ3n) is 10.3. The van der Waals surface area contributed by atoms with Crippen molar-refractivity contribution in [2.45, 2.75) is 52.6 Å². The van der Waals surface area contributed by atoms with E-state index in [9.17, 15) is 43.3 Å². The maximum atomic E-state index is 13.5. The predicted molar refractivity (Wildman–Crippen MR) is 240 cm³/mol. The molecule has 4 aromatic rings. The second kappa shape index (κ2) is 19.4. The fourth-order valence-corrected chi connectivity index (χ4v) is 10.7. The third kappa shape index (κ3) is 11.0. The number of anilines is 2. The van der Waals surface area contributed by atoms with Crippen molar-refractivity contribution in [2.24, 2.45) is 4.99 Å². The molecule has 2 aromatic carbocycles. The van der Waals surface area contributed by atoms with Crippen LogP contribution in [0.25, 0.3) is 44.5 Å². The molecular weight excluding hydrogens is 939 g/mol. The number of rotatable bonds is 15. The molecule has 1 aliphatic carbocycles. The zero-order valence-corrected chi connectivity index (χ0v) is 38.6. The predicted octanol–water partition coefficient (Wildman–Crippen LogP) is 4.97. The molecule has 0 saturated carbocycles. The Balaban J connectivity index is 1.12. The number of ether oxygens (including phenoxy) is 1. The Morgan fingerprint density at radius 1 is 1.00 bits per heavy atom. The standard InChI is InChI=1S/C41H44N7O16P3/c1-5-43-30-16-33-28(12-21(30)3)36(29-13-22(4)31(44-6-2)17-34(29)62-33)26-10-9-23(14-27(26)41(51)52)39(50)45-11-7-8-24-18-48(38-35(24)37(42)46-20-47-38)40-32(49)15-25(61-40)19-60-66(56,57)64-67(58,59)63-65(53,54)55/h9-10,12-14,16-18,20,25,32,40,43,49H,5-6,11,15,19H2,1-4H3,(H,45,50)(H,51,52)(H,56,57)(H,58,59)(H2,42,46,47)(H2,53,54,55). The van der Waals surface area contributed by atoms with Crippen LogP contribution in [0.15, 0.2) is 64.4 Å².